The van der Waals surface area contributed by atoms with E-state index >= 15 is 0 Å². The summed E-state index contributed by atoms with van der Waals surface area (Å²) in [7, 11) is 1.60. The molecular weight excluding hydrogens is 288 g/mol. The summed E-state index contributed by atoms with van der Waals surface area (Å²) in [4.78, 5) is 0. The third kappa shape index (κ3) is 2.59. The lowest BCUT2D eigenvalue weighted by molar-refractivity contribution is 0.0645. The number of methoxy groups -OCH3 is 1. The van der Waals surface area contributed by atoms with E-state index in [9.17, 15) is 5.11 Å². The van der Waals surface area contributed by atoms with Crippen LogP contribution in [0.2, 0.25) is 5.02 Å². The van der Waals surface area contributed by atoms with Gasteiger partial charge in [-0.3, -0.25) is 0 Å². The van der Waals surface area contributed by atoms with Gasteiger partial charge in [0.15, 0.2) is 0 Å². The molecule has 1 unspecified atom stereocenters. The summed E-state index contributed by atoms with van der Waals surface area (Å²) in [5.41, 5.74) is 2.72. The van der Waals surface area contributed by atoms with Crippen LogP contribution in [0.1, 0.15) is 35.3 Å². The Hall–Kier alpha value is -1.71. The number of aryl methyl sites for hydroxylation is 1. The SMILES string of the molecule is COc1cccc(Cl)c1C1C[C@H](O)c2cc(C)ccc2O1. The fourth-order valence-corrected chi connectivity index (χ4v) is 3.04. The van der Waals surface area contributed by atoms with Gasteiger partial charge in [-0.15, -0.1) is 0 Å². The van der Waals surface area contributed by atoms with Crippen molar-refractivity contribution in [1.82, 2.24) is 0 Å². The fourth-order valence-electron chi connectivity index (χ4n) is 2.75. The first-order valence-electron chi connectivity index (χ1n) is 6.88. The molecule has 1 N–H and O–H groups in total. The van der Waals surface area contributed by atoms with Gasteiger partial charge in [0, 0.05) is 12.0 Å². The summed E-state index contributed by atoms with van der Waals surface area (Å²) in [5, 5.41) is 11.0. The van der Waals surface area contributed by atoms with Crippen molar-refractivity contribution in [2.24, 2.45) is 0 Å². The lowest BCUT2D eigenvalue weighted by atomic mass is 9.93. The van der Waals surface area contributed by atoms with Gasteiger partial charge in [-0.05, 0) is 31.2 Å². The number of fused-ring (bicyclic) bond motifs is 1. The molecule has 0 saturated carbocycles. The molecule has 0 spiro atoms. The Balaban J connectivity index is 2.02. The highest BCUT2D eigenvalue weighted by Crippen LogP contribution is 2.45. The number of halogens is 1. The molecule has 1 aliphatic rings. The standard InChI is InChI=1S/C17H17ClO3/c1-10-6-7-14-11(8-10)13(19)9-16(21-14)17-12(18)4-3-5-15(17)20-2/h3-8,13,16,19H,9H2,1-2H3/t13-,16?/m0/s1. The molecule has 0 fully saturated rings. The Morgan fingerprint density at radius 2 is 2.10 bits per heavy atom. The summed E-state index contributed by atoms with van der Waals surface area (Å²) in [6.45, 7) is 2.00. The molecule has 1 heterocycles. The van der Waals surface area contributed by atoms with Crippen molar-refractivity contribution in [3.63, 3.8) is 0 Å². The molecule has 3 nitrogen and oxygen atoms in total. The van der Waals surface area contributed by atoms with Gasteiger partial charge in [-0.25, -0.2) is 0 Å². The van der Waals surface area contributed by atoms with Gasteiger partial charge in [-0.1, -0.05) is 29.3 Å². The second-order valence-corrected chi connectivity index (χ2v) is 5.66. The van der Waals surface area contributed by atoms with E-state index in [0.29, 0.717) is 22.9 Å². The third-order valence-electron chi connectivity index (χ3n) is 3.79. The molecule has 0 bridgehead atoms. The number of hydrogen-bond donors (Lipinski definition) is 1. The van der Waals surface area contributed by atoms with Gasteiger partial charge in [-0.2, -0.15) is 0 Å². The molecule has 110 valence electrons. The van der Waals surface area contributed by atoms with E-state index in [4.69, 9.17) is 21.1 Å². The van der Waals surface area contributed by atoms with E-state index < -0.39 is 6.10 Å². The molecule has 2 aromatic rings. The van der Waals surface area contributed by atoms with Gasteiger partial charge in [0.25, 0.3) is 0 Å². The minimum Gasteiger partial charge on any atom is -0.496 e. The van der Waals surface area contributed by atoms with Crippen LogP contribution in [0.4, 0.5) is 0 Å². The molecule has 2 atom stereocenters. The lowest BCUT2D eigenvalue weighted by Crippen LogP contribution is -2.20. The molecule has 0 amide bonds. The van der Waals surface area contributed by atoms with Crippen LogP contribution < -0.4 is 9.47 Å². The Morgan fingerprint density at radius 3 is 2.86 bits per heavy atom. The fraction of sp³-hybridized carbons (Fsp3) is 0.294. The van der Waals surface area contributed by atoms with E-state index in [2.05, 4.69) is 0 Å². The molecule has 0 saturated heterocycles. The summed E-state index contributed by atoms with van der Waals surface area (Å²) < 4.78 is 11.4. The van der Waals surface area contributed by atoms with E-state index in [1.54, 1.807) is 13.2 Å². The number of aliphatic hydroxyl groups excluding tert-OH is 1. The molecule has 2 aromatic carbocycles. The summed E-state index contributed by atoms with van der Waals surface area (Å²) in [6, 6.07) is 11.3. The zero-order chi connectivity index (χ0) is 15.0. The second-order valence-electron chi connectivity index (χ2n) is 5.26. The van der Waals surface area contributed by atoms with Crippen molar-refractivity contribution in [2.45, 2.75) is 25.6 Å². The van der Waals surface area contributed by atoms with Gasteiger partial charge >= 0.3 is 0 Å². The van der Waals surface area contributed by atoms with E-state index in [1.165, 1.54) is 0 Å². The van der Waals surface area contributed by atoms with Gasteiger partial charge in [0.1, 0.15) is 17.6 Å². The monoisotopic (exact) mass is 304 g/mol. The normalized spacial score (nSPS) is 20.6. The second kappa shape index (κ2) is 5.58. The van der Waals surface area contributed by atoms with Crippen LogP contribution in [-0.2, 0) is 0 Å². The number of benzene rings is 2. The highest BCUT2D eigenvalue weighted by atomic mass is 35.5. The first-order chi connectivity index (χ1) is 10.1. The number of ether oxygens (including phenoxy) is 2. The summed E-state index contributed by atoms with van der Waals surface area (Å²) in [5.74, 6) is 1.38. The molecule has 21 heavy (non-hydrogen) atoms. The predicted molar refractivity (Wildman–Crippen MR) is 82.1 cm³/mol. The molecule has 1 aliphatic heterocycles. The predicted octanol–water partition coefficient (Wildman–Crippen LogP) is 4.21. The van der Waals surface area contributed by atoms with Crippen molar-refractivity contribution >= 4 is 11.6 Å². The van der Waals surface area contributed by atoms with Crippen LogP contribution in [0.15, 0.2) is 36.4 Å². The topological polar surface area (TPSA) is 38.7 Å². The molecular formula is C17H17ClO3. The Kier molecular flexibility index (Phi) is 3.79. The van der Waals surface area contributed by atoms with E-state index in [0.717, 1.165) is 16.7 Å². The maximum atomic E-state index is 10.4. The minimum atomic E-state index is -0.570. The van der Waals surface area contributed by atoms with Crippen molar-refractivity contribution in [3.8, 4) is 11.5 Å². The van der Waals surface area contributed by atoms with Crippen molar-refractivity contribution in [1.29, 1.82) is 0 Å². The minimum absolute atomic E-state index is 0.321. The van der Waals surface area contributed by atoms with Crippen molar-refractivity contribution in [2.75, 3.05) is 7.11 Å². The van der Waals surface area contributed by atoms with Crippen LogP contribution in [0.3, 0.4) is 0 Å². The largest absolute Gasteiger partial charge is 0.496 e. The summed E-state index contributed by atoms with van der Waals surface area (Å²) >= 11 is 6.30. The van der Waals surface area contributed by atoms with Crippen LogP contribution in [0.25, 0.3) is 0 Å². The molecule has 0 aliphatic carbocycles. The van der Waals surface area contributed by atoms with E-state index in [-0.39, 0.29) is 6.10 Å². The lowest BCUT2D eigenvalue weighted by Gasteiger charge is -2.31. The van der Waals surface area contributed by atoms with Crippen LogP contribution >= 0.6 is 11.6 Å². The van der Waals surface area contributed by atoms with Crippen LogP contribution in [0, 0.1) is 6.92 Å². The third-order valence-corrected chi connectivity index (χ3v) is 4.12. The van der Waals surface area contributed by atoms with Crippen LogP contribution in [-0.4, -0.2) is 12.2 Å². The zero-order valence-corrected chi connectivity index (χ0v) is 12.7. The highest BCUT2D eigenvalue weighted by molar-refractivity contribution is 6.31. The van der Waals surface area contributed by atoms with Gasteiger partial charge in [0.05, 0.1) is 23.8 Å². The maximum absolute atomic E-state index is 10.4. The molecule has 3 rings (SSSR count). The number of rotatable bonds is 2. The number of hydrogen-bond acceptors (Lipinski definition) is 3. The summed E-state index contributed by atoms with van der Waals surface area (Å²) in [6.07, 6.45) is -0.435. The Labute approximate surface area is 129 Å². The molecule has 0 radical (unpaired) electrons. The molecule has 0 aromatic heterocycles. The average molecular weight is 305 g/mol. The van der Waals surface area contributed by atoms with Gasteiger partial charge in [0.2, 0.25) is 0 Å². The van der Waals surface area contributed by atoms with Crippen LogP contribution in [0.5, 0.6) is 11.5 Å². The number of aliphatic hydroxyl groups is 1. The zero-order valence-electron chi connectivity index (χ0n) is 12.0. The first kappa shape index (κ1) is 14.2. The quantitative estimate of drug-likeness (QED) is 0.903. The van der Waals surface area contributed by atoms with Crippen molar-refractivity contribution in [3.05, 3.63) is 58.1 Å². The highest BCUT2D eigenvalue weighted by Gasteiger charge is 2.31. The Morgan fingerprint density at radius 1 is 1.29 bits per heavy atom. The maximum Gasteiger partial charge on any atom is 0.132 e. The van der Waals surface area contributed by atoms with E-state index in [1.807, 2.05) is 37.3 Å². The van der Waals surface area contributed by atoms with Gasteiger partial charge < -0.3 is 14.6 Å². The van der Waals surface area contributed by atoms with Crippen molar-refractivity contribution < 1.29 is 14.6 Å². The first-order valence-corrected chi connectivity index (χ1v) is 7.25. The smallest absolute Gasteiger partial charge is 0.132 e. The average Bonchev–Trinajstić information content (AvgIpc) is 2.47. The Bertz CT molecular complexity index is 669. The molecule has 4 heteroatoms.